The van der Waals surface area contributed by atoms with Crippen LogP contribution in [0.15, 0.2) is 78.0 Å². The molecule has 138 valence electrons. The largest absolute Gasteiger partial charge is 0.507 e. The molecule has 0 aliphatic carbocycles. The minimum atomic E-state index is -0.313. The number of carbonyl (C=O) groups is 1. The number of hydrogen-bond donors (Lipinski definition) is 2. The summed E-state index contributed by atoms with van der Waals surface area (Å²) in [5, 5.41) is 13.7. The number of phenols is 1. The normalized spacial score (nSPS) is 11.1. The highest BCUT2D eigenvalue weighted by Gasteiger charge is 2.15. The fourth-order valence-electron chi connectivity index (χ4n) is 2.88. The molecule has 7 nitrogen and oxygen atoms in total. The minimum absolute atomic E-state index is 0.0323. The Kier molecular flexibility index (Phi) is 4.79. The number of nitrogens with zero attached hydrogens (tertiary/aromatic N) is 4. The van der Waals surface area contributed by atoms with Crippen molar-refractivity contribution < 1.29 is 9.90 Å². The molecular formula is C21H17N5O2. The van der Waals surface area contributed by atoms with Crippen molar-refractivity contribution in [2.75, 3.05) is 0 Å². The molecule has 0 aliphatic heterocycles. The van der Waals surface area contributed by atoms with Crippen molar-refractivity contribution in [3.05, 3.63) is 78.5 Å². The number of rotatable bonds is 5. The number of para-hydroxylation sites is 3. The second-order valence-electron chi connectivity index (χ2n) is 6.08. The molecular weight excluding hydrogens is 354 g/mol. The number of benzene rings is 2. The number of phenolic OH excluding ortho intramolecular Hbond substituents is 1. The van der Waals surface area contributed by atoms with Crippen LogP contribution in [0.1, 0.15) is 5.56 Å². The number of amides is 1. The van der Waals surface area contributed by atoms with Gasteiger partial charge in [-0.05, 0) is 36.4 Å². The van der Waals surface area contributed by atoms with Gasteiger partial charge < -0.3 is 9.67 Å². The van der Waals surface area contributed by atoms with Crippen molar-refractivity contribution in [1.29, 1.82) is 0 Å². The minimum Gasteiger partial charge on any atom is -0.507 e. The van der Waals surface area contributed by atoms with Crippen LogP contribution in [-0.4, -0.2) is 31.8 Å². The molecule has 0 bridgehead atoms. The molecule has 0 aliphatic rings. The Morgan fingerprint density at radius 2 is 1.86 bits per heavy atom. The quantitative estimate of drug-likeness (QED) is 0.417. The van der Waals surface area contributed by atoms with Gasteiger partial charge in [0.15, 0.2) is 5.82 Å². The third-order valence-corrected chi connectivity index (χ3v) is 4.18. The Hall–Kier alpha value is -4.00. The molecule has 2 heterocycles. The monoisotopic (exact) mass is 371 g/mol. The summed E-state index contributed by atoms with van der Waals surface area (Å²) in [6.07, 6.45) is 3.09. The van der Waals surface area contributed by atoms with E-state index in [0.29, 0.717) is 17.1 Å². The first-order chi connectivity index (χ1) is 13.7. The molecule has 2 aromatic heterocycles. The van der Waals surface area contributed by atoms with Crippen LogP contribution in [0.2, 0.25) is 0 Å². The molecule has 0 unspecified atom stereocenters. The number of hydrogen-bond acceptors (Lipinski definition) is 5. The van der Waals surface area contributed by atoms with Crippen molar-refractivity contribution in [2.24, 2.45) is 5.10 Å². The zero-order valence-corrected chi connectivity index (χ0v) is 14.9. The van der Waals surface area contributed by atoms with Crippen molar-refractivity contribution in [2.45, 2.75) is 6.54 Å². The fourth-order valence-corrected chi connectivity index (χ4v) is 2.88. The van der Waals surface area contributed by atoms with Gasteiger partial charge >= 0.3 is 0 Å². The van der Waals surface area contributed by atoms with Crippen LogP contribution in [0.3, 0.4) is 0 Å². The molecule has 0 radical (unpaired) electrons. The highest BCUT2D eigenvalue weighted by Crippen LogP contribution is 2.23. The van der Waals surface area contributed by atoms with Crippen LogP contribution in [0.4, 0.5) is 0 Å². The van der Waals surface area contributed by atoms with E-state index in [1.165, 1.54) is 6.21 Å². The standard InChI is InChI=1S/C21H17N5O2/c27-19-11-4-1-7-15(19)13-23-25-20(28)14-26-18-10-3-2-8-16(18)24-21(26)17-9-5-6-12-22-17/h1-13,27H,14H2,(H,25,28). The predicted molar refractivity (Wildman–Crippen MR) is 107 cm³/mol. The van der Waals surface area contributed by atoms with Gasteiger partial charge in [0.05, 0.1) is 17.2 Å². The van der Waals surface area contributed by atoms with Gasteiger partial charge in [-0.25, -0.2) is 10.4 Å². The number of carbonyl (C=O) groups excluding carboxylic acids is 1. The van der Waals surface area contributed by atoms with Gasteiger partial charge in [-0.2, -0.15) is 5.10 Å². The summed E-state index contributed by atoms with van der Waals surface area (Å²) in [6.45, 7) is 0.0323. The molecule has 28 heavy (non-hydrogen) atoms. The summed E-state index contributed by atoms with van der Waals surface area (Å²) >= 11 is 0. The smallest absolute Gasteiger partial charge is 0.260 e. The summed E-state index contributed by atoms with van der Waals surface area (Å²) in [6, 6.07) is 19.9. The number of fused-ring (bicyclic) bond motifs is 1. The van der Waals surface area contributed by atoms with Crippen molar-refractivity contribution in [3.63, 3.8) is 0 Å². The molecule has 0 saturated carbocycles. The average Bonchev–Trinajstić information content (AvgIpc) is 3.09. The fraction of sp³-hybridized carbons (Fsp3) is 0.0476. The number of hydrazone groups is 1. The lowest BCUT2D eigenvalue weighted by Crippen LogP contribution is -2.23. The van der Waals surface area contributed by atoms with Crippen LogP contribution >= 0.6 is 0 Å². The van der Waals surface area contributed by atoms with Gasteiger partial charge in [-0.1, -0.05) is 30.3 Å². The van der Waals surface area contributed by atoms with E-state index >= 15 is 0 Å². The van der Waals surface area contributed by atoms with Crippen LogP contribution in [0, 0.1) is 0 Å². The zero-order valence-electron chi connectivity index (χ0n) is 14.9. The van der Waals surface area contributed by atoms with Gasteiger partial charge in [0.1, 0.15) is 18.0 Å². The second kappa shape index (κ2) is 7.71. The maximum Gasteiger partial charge on any atom is 0.260 e. The summed E-state index contributed by atoms with van der Waals surface area (Å²) < 4.78 is 1.81. The predicted octanol–water partition coefficient (Wildman–Crippen LogP) is 2.95. The molecule has 1 amide bonds. The van der Waals surface area contributed by atoms with E-state index in [1.807, 2.05) is 47.0 Å². The molecule has 0 spiro atoms. The summed E-state index contributed by atoms with van der Waals surface area (Å²) in [7, 11) is 0. The van der Waals surface area contributed by atoms with E-state index in [2.05, 4.69) is 20.5 Å². The molecule has 4 aromatic rings. The molecule has 7 heteroatoms. The Morgan fingerprint density at radius 1 is 1.07 bits per heavy atom. The van der Waals surface area contributed by atoms with Gasteiger partial charge in [-0.3, -0.25) is 9.78 Å². The van der Waals surface area contributed by atoms with Crippen LogP contribution in [0.5, 0.6) is 5.75 Å². The van der Waals surface area contributed by atoms with E-state index in [1.54, 1.807) is 30.5 Å². The Bertz CT molecular complexity index is 1150. The maximum absolute atomic E-state index is 12.5. The molecule has 2 aromatic carbocycles. The van der Waals surface area contributed by atoms with Gasteiger partial charge in [0.2, 0.25) is 0 Å². The lowest BCUT2D eigenvalue weighted by atomic mass is 10.2. The Labute approximate surface area is 161 Å². The van der Waals surface area contributed by atoms with E-state index in [4.69, 9.17) is 0 Å². The zero-order chi connectivity index (χ0) is 19.3. The van der Waals surface area contributed by atoms with Gasteiger partial charge in [-0.15, -0.1) is 0 Å². The number of aromatic nitrogens is 3. The number of nitrogens with one attached hydrogen (secondary N) is 1. The highest BCUT2D eigenvalue weighted by molar-refractivity contribution is 5.86. The van der Waals surface area contributed by atoms with Crippen molar-refractivity contribution >= 4 is 23.2 Å². The molecule has 0 atom stereocenters. The maximum atomic E-state index is 12.5. The topological polar surface area (TPSA) is 92.4 Å². The average molecular weight is 371 g/mol. The van der Waals surface area contributed by atoms with E-state index in [-0.39, 0.29) is 18.2 Å². The molecule has 0 saturated heterocycles. The lowest BCUT2D eigenvalue weighted by molar-refractivity contribution is -0.121. The third kappa shape index (κ3) is 3.59. The van der Waals surface area contributed by atoms with E-state index in [9.17, 15) is 9.90 Å². The van der Waals surface area contributed by atoms with Crippen molar-refractivity contribution in [1.82, 2.24) is 20.0 Å². The Morgan fingerprint density at radius 3 is 2.68 bits per heavy atom. The van der Waals surface area contributed by atoms with Crippen LogP contribution in [0.25, 0.3) is 22.6 Å². The first-order valence-corrected chi connectivity index (χ1v) is 8.69. The molecule has 4 rings (SSSR count). The van der Waals surface area contributed by atoms with Crippen LogP contribution in [-0.2, 0) is 11.3 Å². The van der Waals surface area contributed by atoms with Crippen LogP contribution < -0.4 is 5.43 Å². The highest BCUT2D eigenvalue weighted by atomic mass is 16.3. The second-order valence-corrected chi connectivity index (χ2v) is 6.08. The van der Waals surface area contributed by atoms with E-state index < -0.39 is 0 Å². The number of pyridine rings is 1. The Balaban J connectivity index is 1.59. The summed E-state index contributed by atoms with van der Waals surface area (Å²) in [5.74, 6) is 0.396. The van der Waals surface area contributed by atoms with Gasteiger partial charge in [0.25, 0.3) is 5.91 Å². The van der Waals surface area contributed by atoms with E-state index in [0.717, 1.165) is 11.0 Å². The molecule has 2 N–H and O–H groups in total. The number of imidazole rings is 1. The third-order valence-electron chi connectivity index (χ3n) is 4.18. The first-order valence-electron chi connectivity index (χ1n) is 8.69. The number of aromatic hydroxyl groups is 1. The summed E-state index contributed by atoms with van der Waals surface area (Å²) in [5.41, 5.74) is 5.32. The lowest BCUT2D eigenvalue weighted by Gasteiger charge is -2.08. The van der Waals surface area contributed by atoms with Gasteiger partial charge in [0, 0.05) is 11.8 Å². The van der Waals surface area contributed by atoms with Crippen molar-refractivity contribution in [3.8, 4) is 17.3 Å². The summed E-state index contributed by atoms with van der Waals surface area (Å²) in [4.78, 5) is 21.4. The SMILES string of the molecule is O=C(Cn1c(-c2ccccn2)nc2ccccc21)NN=Cc1ccccc1O. The first kappa shape index (κ1) is 17.4. The molecule has 0 fully saturated rings.